The predicted molar refractivity (Wildman–Crippen MR) is 126 cm³/mol. The van der Waals surface area contributed by atoms with Gasteiger partial charge in [-0.15, -0.1) is 11.6 Å². The van der Waals surface area contributed by atoms with E-state index in [-0.39, 0.29) is 29.6 Å². The van der Waals surface area contributed by atoms with Crippen molar-refractivity contribution in [2.45, 2.75) is 89.7 Å². The minimum absolute atomic E-state index is 0.0617. The molecular weight excluding hydrogens is 438 g/mol. The Bertz CT molecular complexity index is 717. The van der Waals surface area contributed by atoms with Crippen molar-refractivity contribution in [1.82, 2.24) is 4.72 Å². The Labute approximate surface area is 193 Å². The lowest BCUT2D eigenvalue weighted by Gasteiger charge is -2.21. The minimum atomic E-state index is -3.49. The molecule has 31 heavy (non-hydrogen) atoms. The Hall–Kier alpha value is -0.890. The Morgan fingerprint density at radius 1 is 1.23 bits per heavy atom. The monoisotopic (exact) mass is 477 g/mol. The van der Waals surface area contributed by atoms with E-state index < -0.39 is 28.1 Å². The first kappa shape index (κ1) is 28.1. The van der Waals surface area contributed by atoms with Crippen LogP contribution in [-0.2, 0) is 14.8 Å². The van der Waals surface area contributed by atoms with Crippen molar-refractivity contribution in [2.75, 3.05) is 6.26 Å². The Morgan fingerprint density at radius 3 is 2.48 bits per heavy atom. The van der Waals surface area contributed by atoms with Crippen LogP contribution in [0.5, 0.6) is 0 Å². The average molecular weight is 478 g/mol. The number of carbonyl (C=O) groups is 1. The highest BCUT2D eigenvalue weighted by Gasteiger charge is 2.39. The van der Waals surface area contributed by atoms with Crippen LogP contribution in [0.25, 0.3) is 0 Å². The van der Waals surface area contributed by atoms with Gasteiger partial charge in [0, 0.05) is 17.7 Å². The molecule has 180 valence electrons. The molecule has 0 aliphatic heterocycles. The van der Waals surface area contributed by atoms with E-state index >= 15 is 0 Å². The summed E-state index contributed by atoms with van der Waals surface area (Å²) in [6.45, 7) is 6.09. The van der Waals surface area contributed by atoms with Crippen LogP contribution in [0, 0.1) is 17.8 Å². The van der Waals surface area contributed by atoms with Crippen molar-refractivity contribution in [3.63, 3.8) is 0 Å². The molecule has 1 fully saturated rings. The van der Waals surface area contributed by atoms with Gasteiger partial charge >= 0.3 is 0 Å². The van der Waals surface area contributed by atoms with Gasteiger partial charge in [0.15, 0.2) is 0 Å². The lowest BCUT2D eigenvalue weighted by atomic mass is 9.88. The number of aliphatic hydroxyl groups excluding tert-OH is 2. The smallest absolute Gasteiger partial charge is 0.233 e. The quantitative estimate of drug-likeness (QED) is 0.212. The molecule has 0 aromatic rings. The second-order valence-electron chi connectivity index (χ2n) is 9.18. The molecule has 1 amide bonds. The highest BCUT2D eigenvalue weighted by Crippen LogP contribution is 2.40. The minimum Gasteiger partial charge on any atom is -0.392 e. The number of nitrogens with one attached hydrogen (secondary N) is 1. The maximum Gasteiger partial charge on any atom is 0.233 e. The number of allylic oxidation sites excluding steroid dienone is 2. The van der Waals surface area contributed by atoms with Gasteiger partial charge in [-0.05, 0) is 51.4 Å². The number of halogens is 1. The molecule has 0 radical (unpaired) electrons. The number of hydrogen-bond donors (Lipinski definition) is 3. The Morgan fingerprint density at radius 2 is 1.87 bits per heavy atom. The summed E-state index contributed by atoms with van der Waals surface area (Å²) < 4.78 is 24.0. The molecule has 0 heterocycles. The highest BCUT2D eigenvalue weighted by atomic mass is 35.5. The summed E-state index contributed by atoms with van der Waals surface area (Å²) in [5.74, 6) is -0.269. The van der Waals surface area contributed by atoms with Crippen molar-refractivity contribution in [3.8, 4) is 0 Å². The number of aliphatic hydroxyl groups is 2. The van der Waals surface area contributed by atoms with Crippen LogP contribution < -0.4 is 4.72 Å². The third-order valence-corrected chi connectivity index (χ3v) is 6.97. The molecule has 0 saturated heterocycles. The molecule has 8 heteroatoms. The molecule has 1 aliphatic rings. The van der Waals surface area contributed by atoms with E-state index in [1.807, 2.05) is 31.6 Å². The predicted octanol–water partition coefficient (Wildman–Crippen LogP) is 3.92. The molecule has 0 bridgehead atoms. The maximum absolute atomic E-state index is 11.5. The summed E-state index contributed by atoms with van der Waals surface area (Å²) in [7, 11) is -3.49. The van der Waals surface area contributed by atoms with Crippen molar-refractivity contribution in [3.05, 3.63) is 23.8 Å². The second kappa shape index (κ2) is 13.6. The van der Waals surface area contributed by atoms with E-state index in [1.54, 1.807) is 6.08 Å². The largest absolute Gasteiger partial charge is 0.392 e. The van der Waals surface area contributed by atoms with Crippen LogP contribution in [0.3, 0.4) is 0 Å². The first-order valence-electron chi connectivity index (χ1n) is 11.2. The van der Waals surface area contributed by atoms with E-state index in [1.165, 1.54) is 5.57 Å². The van der Waals surface area contributed by atoms with Gasteiger partial charge in [0.05, 0.1) is 18.5 Å². The van der Waals surface area contributed by atoms with Crippen LogP contribution in [0.15, 0.2) is 23.8 Å². The SMILES string of the molecule is CC(C)=CCC(C)[C@H](O)/C=C/[C@@H]1[C@@H](CCCCCCC(=O)NS(C)(=O)=O)[C@H](Cl)C[C@H]1O. The van der Waals surface area contributed by atoms with Crippen LogP contribution in [0.1, 0.15) is 72.1 Å². The molecular formula is C23H40ClNO5S. The summed E-state index contributed by atoms with van der Waals surface area (Å²) in [6, 6.07) is 0. The van der Waals surface area contributed by atoms with Crippen LogP contribution in [-0.4, -0.2) is 48.4 Å². The normalized spacial score (nSPS) is 26.0. The average Bonchev–Trinajstić information content (AvgIpc) is 2.91. The fourth-order valence-electron chi connectivity index (χ4n) is 4.00. The zero-order valence-electron chi connectivity index (χ0n) is 19.3. The van der Waals surface area contributed by atoms with Gasteiger partial charge in [0.25, 0.3) is 0 Å². The van der Waals surface area contributed by atoms with Crippen LogP contribution in [0.2, 0.25) is 0 Å². The number of rotatable bonds is 13. The third kappa shape index (κ3) is 11.5. The van der Waals surface area contributed by atoms with Crippen molar-refractivity contribution in [2.24, 2.45) is 17.8 Å². The molecule has 0 aromatic heterocycles. The molecule has 1 aliphatic carbocycles. The van der Waals surface area contributed by atoms with E-state index in [0.717, 1.165) is 38.4 Å². The van der Waals surface area contributed by atoms with E-state index in [2.05, 4.69) is 6.08 Å². The van der Waals surface area contributed by atoms with Crippen molar-refractivity contribution < 1.29 is 23.4 Å². The first-order chi connectivity index (χ1) is 14.4. The number of hydrogen-bond acceptors (Lipinski definition) is 5. The summed E-state index contributed by atoms with van der Waals surface area (Å²) >= 11 is 6.50. The topological polar surface area (TPSA) is 104 Å². The van der Waals surface area contributed by atoms with Gasteiger partial charge in [-0.2, -0.15) is 0 Å². The number of sulfonamides is 1. The number of alkyl halides is 1. The molecule has 0 spiro atoms. The van der Waals surface area contributed by atoms with E-state index in [9.17, 15) is 23.4 Å². The Balaban J connectivity index is 2.44. The molecule has 3 N–H and O–H groups in total. The molecule has 0 aromatic carbocycles. The van der Waals surface area contributed by atoms with Gasteiger partial charge in [0.1, 0.15) is 0 Å². The fraction of sp³-hybridized carbons (Fsp3) is 0.783. The highest BCUT2D eigenvalue weighted by molar-refractivity contribution is 7.89. The van der Waals surface area contributed by atoms with Crippen LogP contribution >= 0.6 is 11.6 Å². The summed E-state index contributed by atoms with van der Waals surface area (Å²) in [5, 5.41) is 20.8. The van der Waals surface area contributed by atoms with Gasteiger partial charge in [-0.3, -0.25) is 9.52 Å². The van der Waals surface area contributed by atoms with Gasteiger partial charge < -0.3 is 10.2 Å². The van der Waals surface area contributed by atoms with E-state index in [4.69, 9.17) is 11.6 Å². The van der Waals surface area contributed by atoms with Crippen LogP contribution in [0.4, 0.5) is 0 Å². The summed E-state index contributed by atoms with van der Waals surface area (Å²) in [6.07, 6.45) is 11.5. The first-order valence-corrected chi connectivity index (χ1v) is 13.6. The lowest BCUT2D eigenvalue weighted by Crippen LogP contribution is -2.28. The number of amides is 1. The maximum atomic E-state index is 11.5. The molecule has 1 unspecified atom stereocenters. The Kier molecular flexibility index (Phi) is 12.4. The standard InChI is InChI=1S/C23H40ClNO5S/c1-16(2)11-12-17(3)21(26)14-13-19-18(20(24)15-22(19)27)9-7-5-6-8-10-23(28)25-31(4,29)30/h11,13-14,17-22,26-27H,5-10,12,15H2,1-4H3,(H,25,28)/b14-13+/t17?,18-,19-,20-,21-,22-/m1/s1. The van der Waals surface area contributed by atoms with Crippen molar-refractivity contribution >= 4 is 27.5 Å². The zero-order valence-corrected chi connectivity index (χ0v) is 20.8. The second-order valence-corrected chi connectivity index (χ2v) is 11.5. The number of carbonyl (C=O) groups excluding carboxylic acids is 1. The van der Waals surface area contributed by atoms with E-state index in [0.29, 0.717) is 12.8 Å². The van der Waals surface area contributed by atoms with Gasteiger partial charge in [0.2, 0.25) is 15.9 Å². The molecule has 1 saturated carbocycles. The third-order valence-electron chi connectivity index (χ3n) is 5.87. The molecule has 1 rings (SSSR count). The lowest BCUT2D eigenvalue weighted by molar-refractivity contribution is -0.119. The number of unbranched alkanes of at least 4 members (excludes halogenated alkanes) is 3. The molecule has 6 atom stereocenters. The zero-order chi connectivity index (χ0) is 23.6. The van der Waals surface area contributed by atoms with Gasteiger partial charge in [-0.1, -0.05) is 50.0 Å². The summed E-state index contributed by atoms with van der Waals surface area (Å²) in [4.78, 5) is 11.5. The van der Waals surface area contributed by atoms with Gasteiger partial charge in [-0.25, -0.2) is 8.42 Å². The molecule has 6 nitrogen and oxygen atoms in total. The summed E-state index contributed by atoms with van der Waals surface area (Å²) in [5.41, 5.74) is 1.23. The van der Waals surface area contributed by atoms with Crippen molar-refractivity contribution in [1.29, 1.82) is 0 Å². The fourth-order valence-corrected chi connectivity index (χ4v) is 5.00.